The summed E-state index contributed by atoms with van der Waals surface area (Å²) in [7, 11) is 0. The Morgan fingerprint density at radius 3 is 2.75 bits per heavy atom. The van der Waals surface area contributed by atoms with Crippen LogP contribution in [0, 0.1) is 0 Å². The van der Waals surface area contributed by atoms with Gasteiger partial charge in [-0.2, -0.15) is 13.8 Å². The molecule has 2 aromatic heterocycles. The summed E-state index contributed by atoms with van der Waals surface area (Å²) in [6, 6.07) is 12.0. The number of thiazole rings is 1. The van der Waals surface area contributed by atoms with E-state index >= 15 is 0 Å². The largest absolute Gasteiger partial charge is 0.470 e. The fourth-order valence-corrected chi connectivity index (χ4v) is 5.28. The monoisotopic (exact) mass is 510 g/mol. The molecule has 0 unspecified atom stereocenters. The molecule has 0 aliphatic carbocycles. The second-order valence-corrected chi connectivity index (χ2v) is 9.26. The number of carbonyl (C=O) groups is 1. The van der Waals surface area contributed by atoms with Gasteiger partial charge in [-0.3, -0.25) is 9.69 Å². The van der Waals surface area contributed by atoms with E-state index < -0.39 is 6.61 Å². The van der Waals surface area contributed by atoms with Gasteiger partial charge in [-0.05, 0) is 73.9 Å². The molecule has 0 spiro atoms. The van der Waals surface area contributed by atoms with E-state index in [1.807, 2.05) is 32.1 Å². The number of fused-ring (bicyclic) bond motifs is 3. The van der Waals surface area contributed by atoms with Crippen molar-refractivity contribution in [3.05, 3.63) is 58.7 Å². The number of hydrogen-bond acceptors (Lipinski definition) is 6. The van der Waals surface area contributed by atoms with Crippen LogP contribution in [0.2, 0.25) is 0 Å². The standard InChI is InChI=1S/C26H24F2N4O3S/c1-3-34-26-30-24(32(15-33)18-7-9-19(10-8-18)35-25(27)28)22(36-26)13-16(2)17-6-11-20-21(14-17)31-12-4-5-23(31)29-20/h6-11,13-15,25H,3-5,12H2,1-2H3/b16-13+. The van der Waals surface area contributed by atoms with Crippen LogP contribution < -0.4 is 14.4 Å². The van der Waals surface area contributed by atoms with E-state index in [4.69, 9.17) is 9.72 Å². The minimum Gasteiger partial charge on any atom is -0.470 e. The molecule has 0 bridgehead atoms. The van der Waals surface area contributed by atoms with Crippen LogP contribution in [-0.4, -0.2) is 34.2 Å². The summed E-state index contributed by atoms with van der Waals surface area (Å²) in [4.78, 5) is 23.5. The molecule has 5 rings (SSSR count). The van der Waals surface area contributed by atoms with E-state index in [9.17, 15) is 13.6 Å². The summed E-state index contributed by atoms with van der Waals surface area (Å²) in [6.45, 7) is 2.35. The van der Waals surface area contributed by atoms with E-state index in [2.05, 4.69) is 20.4 Å². The smallest absolute Gasteiger partial charge is 0.387 e. The third-order valence-corrected chi connectivity index (χ3v) is 6.87. The molecule has 2 aromatic carbocycles. The van der Waals surface area contributed by atoms with Gasteiger partial charge in [-0.25, -0.2) is 4.98 Å². The van der Waals surface area contributed by atoms with Gasteiger partial charge in [0.25, 0.3) is 5.19 Å². The van der Waals surface area contributed by atoms with E-state index in [-0.39, 0.29) is 5.75 Å². The van der Waals surface area contributed by atoms with Crippen LogP contribution in [-0.2, 0) is 17.8 Å². The summed E-state index contributed by atoms with van der Waals surface area (Å²) < 4.78 is 37.3. The number of carbonyl (C=O) groups excluding carboxylic acids is 1. The molecule has 7 nitrogen and oxygen atoms in total. The highest BCUT2D eigenvalue weighted by Crippen LogP contribution is 2.38. The van der Waals surface area contributed by atoms with Crippen molar-refractivity contribution in [3.63, 3.8) is 0 Å². The molecule has 0 fully saturated rings. The van der Waals surface area contributed by atoms with Gasteiger partial charge in [0.15, 0.2) is 5.82 Å². The van der Waals surface area contributed by atoms with Gasteiger partial charge in [-0.15, -0.1) is 0 Å². The Kier molecular flexibility index (Phi) is 6.69. The number of aromatic nitrogens is 3. The van der Waals surface area contributed by atoms with Gasteiger partial charge >= 0.3 is 6.61 Å². The van der Waals surface area contributed by atoms with Gasteiger partial charge in [0, 0.05) is 13.0 Å². The molecular weight excluding hydrogens is 486 g/mol. The van der Waals surface area contributed by atoms with Crippen molar-refractivity contribution in [1.29, 1.82) is 0 Å². The van der Waals surface area contributed by atoms with Crippen molar-refractivity contribution < 1.29 is 23.0 Å². The number of rotatable bonds is 9. The Morgan fingerprint density at radius 2 is 2.03 bits per heavy atom. The minimum absolute atomic E-state index is 0.00518. The molecule has 0 saturated carbocycles. The first-order valence-corrected chi connectivity index (χ1v) is 12.4. The number of benzene rings is 2. The molecule has 1 amide bonds. The zero-order chi connectivity index (χ0) is 25.2. The van der Waals surface area contributed by atoms with Crippen LogP contribution in [0.15, 0.2) is 42.5 Å². The van der Waals surface area contributed by atoms with E-state index in [1.54, 1.807) is 0 Å². The fourth-order valence-electron chi connectivity index (χ4n) is 4.31. The molecule has 0 radical (unpaired) electrons. The number of halogens is 2. The van der Waals surface area contributed by atoms with Crippen LogP contribution in [0.4, 0.5) is 20.3 Å². The lowest BCUT2D eigenvalue weighted by Crippen LogP contribution is -2.15. The minimum atomic E-state index is -2.92. The highest BCUT2D eigenvalue weighted by atomic mass is 32.1. The average molecular weight is 511 g/mol. The highest BCUT2D eigenvalue weighted by molar-refractivity contribution is 7.14. The summed E-state index contributed by atoms with van der Waals surface area (Å²) in [5.74, 6) is 1.53. The summed E-state index contributed by atoms with van der Waals surface area (Å²) >= 11 is 1.33. The van der Waals surface area contributed by atoms with Crippen molar-refractivity contribution in [2.24, 2.45) is 0 Å². The van der Waals surface area contributed by atoms with Crippen LogP contribution >= 0.6 is 11.3 Å². The van der Waals surface area contributed by atoms with Crippen LogP contribution in [0.1, 0.15) is 36.5 Å². The Hall–Kier alpha value is -3.79. The molecule has 3 heterocycles. The van der Waals surface area contributed by atoms with Crippen molar-refractivity contribution >= 4 is 51.9 Å². The lowest BCUT2D eigenvalue weighted by atomic mass is 10.1. The average Bonchev–Trinajstić information content (AvgIpc) is 3.55. The third kappa shape index (κ3) is 4.68. The number of imidazole rings is 1. The molecule has 10 heteroatoms. The normalized spacial score (nSPS) is 13.3. The SMILES string of the molecule is CCOc1nc(N(C=O)c2ccc(OC(F)F)cc2)c(/C=C(\C)c2ccc3nc4n(c3c2)CCC4)s1. The molecule has 186 valence electrons. The van der Waals surface area contributed by atoms with Gasteiger partial charge in [-0.1, -0.05) is 17.4 Å². The highest BCUT2D eigenvalue weighted by Gasteiger charge is 2.20. The predicted octanol–water partition coefficient (Wildman–Crippen LogP) is 6.29. The zero-order valence-corrected chi connectivity index (χ0v) is 20.6. The van der Waals surface area contributed by atoms with Gasteiger partial charge in [0.1, 0.15) is 11.6 Å². The van der Waals surface area contributed by atoms with Crippen molar-refractivity contribution in [2.75, 3.05) is 11.5 Å². The number of alkyl halides is 2. The van der Waals surface area contributed by atoms with Gasteiger partial charge in [0.2, 0.25) is 6.41 Å². The second kappa shape index (κ2) is 10.1. The summed E-state index contributed by atoms with van der Waals surface area (Å²) in [5.41, 5.74) is 4.60. The lowest BCUT2D eigenvalue weighted by molar-refractivity contribution is -0.106. The van der Waals surface area contributed by atoms with Crippen LogP contribution in [0.3, 0.4) is 0 Å². The van der Waals surface area contributed by atoms with Gasteiger partial charge < -0.3 is 14.0 Å². The number of anilines is 2. The molecule has 0 N–H and O–H groups in total. The lowest BCUT2D eigenvalue weighted by Gasteiger charge is -2.16. The van der Waals surface area contributed by atoms with Gasteiger partial charge in [0.05, 0.1) is 28.2 Å². The first-order chi connectivity index (χ1) is 17.5. The molecule has 4 aromatic rings. The summed E-state index contributed by atoms with van der Waals surface area (Å²) in [5, 5.41) is 0.431. The molecular formula is C26H24F2N4O3S. The Morgan fingerprint density at radius 1 is 1.22 bits per heavy atom. The molecule has 1 aliphatic rings. The van der Waals surface area contributed by atoms with Crippen LogP contribution in [0.25, 0.3) is 22.7 Å². The van der Waals surface area contributed by atoms with E-state index in [1.165, 1.54) is 40.5 Å². The quantitative estimate of drug-likeness (QED) is 0.247. The van der Waals surface area contributed by atoms with E-state index in [0.29, 0.717) is 29.7 Å². The number of ether oxygens (including phenoxy) is 2. The second-order valence-electron chi connectivity index (χ2n) is 8.26. The fraction of sp³-hybridized carbons (Fsp3) is 0.269. The zero-order valence-electron chi connectivity index (χ0n) is 19.8. The van der Waals surface area contributed by atoms with Crippen molar-refractivity contribution in [2.45, 2.75) is 39.8 Å². The topological polar surface area (TPSA) is 69.5 Å². The Bertz CT molecular complexity index is 1430. The molecule has 0 saturated heterocycles. The maximum absolute atomic E-state index is 12.5. The maximum Gasteiger partial charge on any atom is 0.387 e. The first-order valence-electron chi connectivity index (χ1n) is 11.6. The molecule has 1 aliphatic heterocycles. The maximum atomic E-state index is 12.5. The van der Waals surface area contributed by atoms with Crippen LogP contribution in [0.5, 0.6) is 10.9 Å². The number of hydrogen-bond donors (Lipinski definition) is 0. The molecule has 36 heavy (non-hydrogen) atoms. The first kappa shape index (κ1) is 23.9. The summed E-state index contributed by atoms with van der Waals surface area (Å²) in [6.07, 6.45) is 4.73. The number of aryl methyl sites for hydroxylation is 2. The predicted molar refractivity (Wildman–Crippen MR) is 136 cm³/mol. The number of amides is 1. The number of nitrogens with zero attached hydrogens (tertiary/aromatic N) is 4. The van der Waals surface area contributed by atoms with Crippen molar-refractivity contribution in [3.8, 4) is 10.9 Å². The third-order valence-electron chi connectivity index (χ3n) is 5.97. The van der Waals surface area contributed by atoms with E-state index in [0.717, 1.165) is 52.3 Å². The Balaban J connectivity index is 1.51. The van der Waals surface area contributed by atoms with Crippen molar-refractivity contribution in [1.82, 2.24) is 14.5 Å². The molecule has 0 atom stereocenters. The Labute approximate surface area is 210 Å². The number of allylic oxidation sites excluding steroid dienone is 1.